The summed E-state index contributed by atoms with van der Waals surface area (Å²) in [5, 5.41) is 1.78. The van der Waals surface area contributed by atoms with Crippen LogP contribution in [-0.4, -0.2) is 12.5 Å². The van der Waals surface area contributed by atoms with Crippen LogP contribution in [0.25, 0.3) is 0 Å². The van der Waals surface area contributed by atoms with Crippen molar-refractivity contribution in [2.45, 2.75) is 6.42 Å². The van der Waals surface area contributed by atoms with E-state index in [-0.39, 0.29) is 11.7 Å². The molecule has 2 heterocycles. The van der Waals surface area contributed by atoms with Crippen LogP contribution in [0.3, 0.4) is 0 Å². The largest absolute Gasteiger partial charge is 0.397 e. The highest BCUT2D eigenvalue weighted by molar-refractivity contribution is 7.12. The number of anilines is 2. The van der Waals surface area contributed by atoms with Crippen molar-refractivity contribution in [3.63, 3.8) is 0 Å². The van der Waals surface area contributed by atoms with Crippen LogP contribution in [0.1, 0.15) is 15.2 Å². The Labute approximate surface area is 108 Å². The van der Waals surface area contributed by atoms with Crippen molar-refractivity contribution < 1.29 is 9.18 Å². The molecule has 0 unspecified atom stereocenters. The van der Waals surface area contributed by atoms with E-state index < -0.39 is 0 Å². The summed E-state index contributed by atoms with van der Waals surface area (Å²) in [6, 6.07) is 6.27. The zero-order chi connectivity index (χ0) is 12.7. The van der Waals surface area contributed by atoms with Gasteiger partial charge in [0.1, 0.15) is 10.7 Å². The molecule has 3 rings (SSSR count). The van der Waals surface area contributed by atoms with Crippen molar-refractivity contribution in [2.75, 3.05) is 17.2 Å². The van der Waals surface area contributed by atoms with Crippen LogP contribution in [0, 0.1) is 5.82 Å². The topological polar surface area (TPSA) is 46.3 Å². The minimum Gasteiger partial charge on any atom is -0.397 e. The van der Waals surface area contributed by atoms with Gasteiger partial charge in [-0.2, -0.15) is 0 Å². The molecule has 0 saturated carbocycles. The Hall–Kier alpha value is -1.88. The maximum absolute atomic E-state index is 13.3. The number of hydrogen-bond acceptors (Lipinski definition) is 3. The first-order valence-electron chi connectivity index (χ1n) is 5.60. The molecule has 0 aliphatic carbocycles. The molecule has 0 spiro atoms. The number of nitrogens with two attached hydrogens (primary N) is 1. The Morgan fingerprint density at radius 2 is 2.22 bits per heavy atom. The van der Waals surface area contributed by atoms with E-state index in [0.29, 0.717) is 22.8 Å². The lowest BCUT2D eigenvalue weighted by Crippen LogP contribution is -2.28. The van der Waals surface area contributed by atoms with Gasteiger partial charge in [-0.15, -0.1) is 11.3 Å². The second-order valence-electron chi connectivity index (χ2n) is 4.18. The van der Waals surface area contributed by atoms with Crippen LogP contribution in [0.5, 0.6) is 0 Å². The molecule has 0 bridgehead atoms. The number of rotatable bonds is 1. The molecular weight excluding hydrogens is 251 g/mol. The van der Waals surface area contributed by atoms with Gasteiger partial charge in [-0.05, 0) is 35.6 Å². The molecule has 0 fully saturated rings. The lowest BCUT2D eigenvalue weighted by atomic mass is 10.2. The van der Waals surface area contributed by atoms with Crippen LogP contribution >= 0.6 is 11.3 Å². The number of hydrogen-bond donors (Lipinski definition) is 1. The highest BCUT2D eigenvalue weighted by Gasteiger charge is 2.27. The normalized spacial score (nSPS) is 13.7. The number of benzene rings is 1. The van der Waals surface area contributed by atoms with Gasteiger partial charge < -0.3 is 10.6 Å². The molecule has 2 N–H and O–H groups in total. The third kappa shape index (κ3) is 1.67. The lowest BCUT2D eigenvalue weighted by Gasteiger charge is -2.16. The number of carbonyl (C=O) groups excluding carboxylic acids is 1. The second kappa shape index (κ2) is 4.10. The van der Waals surface area contributed by atoms with Crippen molar-refractivity contribution in [3.05, 3.63) is 45.9 Å². The van der Waals surface area contributed by atoms with Crippen molar-refractivity contribution in [2.24, 2.45) is 0 Å². The van der Waals surface area contributed by atoms with Crippen LogP contribution in [0.15, 0.2) is 29.6 Å². The van der Waals surface area contributed by atoms with Gasteiger partial charge in [0.25, 0.3) is 5.91 Å². The summed E-state index contributed by atoms with van der Waals surface area (Å²) < 4.78 is 13.3. The van der Waals surface area contributed by atoms with E-state index in [1.165, 1.54) is 23.5 Å². The summed E-state index contributed by atoms with van der Waals surface area (Å²) in [4.78, 5) is 14.5. The highest BCUT2D eigenvalue weighted by atomic mass is 32.1. The summed E-state index contributed by atoms with van der Waals surface area (Å²) in [7, 11) is 0. The van der Waals surface area contributed by atoms with E-state index in [1.54, 1.807) is 22.4 Å². The average Bonchev–Trinajstić information content (AvgIpc) is 2.94. The van der Waals surface area contributed by atoms with Gasteiger partial charge in [-0.1, -0.05) is 6.07 Å². The smallest absolute Gasteiger partial charge is 0.270 e. The van der Waals surface area contributed by atoms with Crippen LogP contribution in [0.4, 0.5) is 15.8 Å². The van der Waals surface area contributed by atoms with Crippen molar-refractivity contribution in [1.29, 1.82) is 0 Å². The molecule has 3 nitrogen and oxygen atoms in total. The first kappa shape index (κ1) is 11.2. The number of thiophene rings is 1. The van der Waals surface area contributed by atoms with Gasteiger partial charge in [0.15, 0.2) is 0 Å². The van der Waals surface area contributed by atoms with Gasteiger partial charge in [0, 0.05) is 6.54 Å². The standard InChI is InChI=1S/C13H11FN2OS/c14-9-2-1-8-3-5-16(11(8)7-9)13(17)12-10(15)4-6-18-12/h1-2,4,6-7H,3,5,15H2. The summed E-state index contributed by atoms with van der Waals surface area (Å²) >= 11 is 1.31. The Balaban J connectivity index is 2.00. The molecule has 1 aliphatic rings. The second-order valence-corrected chi connectivity index (χ2v) is 5.10. The Morgan fingerprint density at radius 1 is 1.39 bits per heavy atom. The van der Waals surface area contributed by atoms with Gasteiger partial charge in [0.2, 0.25) is 0 Å². The number of carbonyl (C=O) groups is 1. The zero-order valence-corrected chi connectivity index (χ0v) is 10.3. The van der Waals surface area contributed by atoms with E-state index in [4.69, 9.17) is 5.73 Å². The predicted octanol–water partition coefficient (Wildman–Crippen LogP) is 2.67. The van der Waals surface area contributed by atoms with Gasteiger partial charge in [-0.3, -0.25) is 4.79 Å². The molecule has 1 amide bonds. The first-order valence-corrected chi connectivity index (χ1v) is 6.48. The SMILES string of the molecule is Nc1ccsc1C(=O)N1CCc2ccc(F)cc21. The third-order valence-corrected chi connectivity index (χ3v) is 4.00. The maximum Gasteiger partial charge on any atom is 0.270 e. The van der Waals surface area contributed by atoms with Gasteiger partial charge in [0.05, 0.1) is 11.4 Å². The molecule has 2 aromatic rings. The number of nitrogen functional groups attached to an aromatic ring is 1. The van der Waals surface area contributed by atoms with Crippen molar-refractivity contribution in [1.82, 2.24) is 0 Å². The molecule has 18 heavy (non-hydrogen) atoms. The molecular formula is C13H11FN2OS. The van der Waals surface area contributed by atoms with Crippen molar-refractivity contribution >= 4 is 28.6 Å². The summed E-state index contributed by atoms with van der Waals surface area (Å²) in [6.45, 7) is 0.578. The van der Waals surface area contributed by atoms with E-state index in [0.717, 1.165) is 12.0 Å². The van der Waals surface area contributed by atoms with E-state index in [1.807, 2.05) is 0 Å². The molecule has 0 radical (unpaired) electrons. The van der Waals surface area contributed by atoms with Gasteiger partial charge in [-0.25, -0.2) is 4.39 Å². The quantitative estimate of drug-likeness (QED) is 0.858. The summed E-state index contributed by atoms with van der Waals surface area (Å²) in [5.41, 5.74) is 7.89. The Bertz CT molecular complexity index is 623. The third-order valence-electron chi connectivity index (χ3n) is 3.08. The molecule has 0 saturated heterocycles. The fourth-order valence-corrected chi connectivity index (χ4v) is 2.94. The van der Waals surface area contributed by atoms with E-state index >= 15 is 0 Å². The highest BCUT2D eigenvalue weighted by Crippen LogP contribution is 2.32. The molecule has 1 aromatic carbocycles. The number of nitrogens with zero attached hydrogens (tertiary/aromatic N) is 1. The molecule has 5 heteroatoms. The Morgan fingerprint density at radius 3 is 2.94 bits per heavy atom. The first-order chi connectivity index (χ1) is 8.66. The van der Waals surface area contributed by atoms with Crippen LogP contribution < -0.4 is 10.6 Å². The average molecular weight is 262 g/mol. The molecule has 1 aliphatic heterocycles. The van der Waals surface area contributed by atoms with Gasteiger partial charge >= 0.3 is 0 Å². The molecule has 92 valence electrons. The fourth-order valence-electron chi connectivity index (χ4n) is 2.18. The Kier molecular flexibility index (Phi) is 2.56. The van der Waals surface area contributed by atoms with E-state index in [9.17, 15) is 9.18 Å². The predicted molar refractivity (Wildman–Crippen MR) is 70.5 cm³/mol. The zero-order valence-electron chi connectivity index (χ0n) is 9.52. The molecule has 1 aromatic heterocycles. The maximum atomic E-state index is 13.3. The number of amides is 1. The monoisotopic (exact) mass is 262 g/mol. The van der Waals surface area contributed by atoms with Crippen LogP contribution in [-0.2, 0) is 6.42 Å². The fraction of sp³-hybridized carbons (Fsp3) is 0.154. The number of halogens is 1. The van der Waals surface area contributed by atoms with Crippen LogP contribution in [0.2, 0.25) is 0 Å². The summed E-state index contributed by atoms with van der Waals surface area (Å²) in [5.74, 6) is -0.473. The minimum atomic E-state index is -0.326. The summed E-state index contributed by atoms with van der Waals surface area (Å²) in [6.07, 6.45) is 0.757. The van der Waals surface area contributed by atoms with E-state index in [2.05, 4.69) is 0 Å². The molecule has 0 atom stereocenters. The minimum absolute atomic E-state index is 0.146. The lowest BCUT2D eigenvalue weighted by molar-refractivity contribution is 0.0994. The van der Waals surface area contributed by atoms with Crippen molar-refractivity contribution in [3.8, 4) is 0 Å². The number of fused-ring (bicyclic) bond motifs is 1.